The highest BCUT2D eigenvalue weighted by atomic mass is 35.5. The number of hydrogen-bond donors (Lipinski definition) is 6. The predicted molar refractivity (Wildman–Crippen MR) is 340 cm³/mol. The molecule has 0 spiro atoms. The first-order valence-electron chi connectivity index (χ1n) is 30.1. The number of carbonyl (C=O) groups is 5. The largest absolute Gasteiger partial charge is 0.507 e. The van der Waals surface area contributed by atoms with Crippen LogP contribution in [0.15, 0.2) is 79.0 Å². The smallest absolute Gasteiger partial charge is 0.501 e. The zero-order chi connectivity index (χ0) is 67.9. The molecule has 3 aliphatic heterocycles. The Bertz CT molecular complexity index is 3960. The molecular formula is C65H80ClN7O19S. The Morgan fingerprint density at radius 3 is 2.11 bits per heavy atom. The highest BCUT2D eigenvalue weighted by molar-refractivity contribution is 7.82. The number of aromatic nitrogens is 4. The predicted octanol–water partition coefficient (Wildman–Crippen LogP) is 6.07. The van der Waals surface area contributed by atoms with Crippen LogP contribution < -0.4 is 22.7 Å². The normalized spacial score (nSPS) is 19.6. The third kappa shape index (κ3) is 15.9. The number of Topliss-reactive ketones (excluding diaryl/α,β-unsaturated/α-hetero) is 1. The average Bonchev–Trinajstić information content (AvgIpc) is 1.61. The number of aromatic hydroxyl groups is 1. The van der Waals surface area contributed by atoms with E-state index in [1.165, 1.54) is 71.2 Å². The van der Waals surface area contributed by atoms with Gasteiger partial charge in [-0.1, -0.05) is 60.6 Å². The molecule has 28 heteroatoms. The van der Waals surface area contributed by atoms with Crippen LogP contribution in [0.3, 0.4) is 0 Å². The number of phenolic OH excluding ortho intramolecular Hbond substituents is 1. The van der Waals surface area contributed by atoms with E-state index in [9.17, 15) is 57.9 Å². The van der Waals surface area contributed by atoms with Gasteiger partial charge in [0.2, 0.25) is 6.29 Å². The molecule has 5 heterocycles. The van der Waals surface area contributed by atoms with Gasteiger partial charge in [0, 0.05) is 108 Å². The molecular weight excluding hydrogens is 1250 g/mol. The number of hydrogen-bond acceptors (Lipinski definition) is 21. The highest BCUT2D eigenvalue weighted by Crippen LogP contribution is 2.48. The number of alkyl halides is 1. The molecule has 0 unspecified atom stereocenters. The molecule has 93 heavy (non-hydrogen) atoms. The topological polar surface area (TPSA) is 341 Å². The van der Waals surface area contributed by atoms with Gasteiger partial charge in [-0.3, -0.25) is 33.6 Å². The number of aromatic amines is 1. The van der Waals surface area contributed by atoms with Gasteiger partial charge in [-0.05, 0) is 77.9 Å². The maximum atomic E-state index is 14.6. The first-order chi connectivity index (χ1) is 43.6. The minimum absolute atomic E-state index is 0.0134. The molecule has 26 nitrogen and oxygen atoms in total. The van der Waals surface area contributed by atoms with Gasteiger partial charge in [-0.25, -0.2) is 0 Å². The second-order valence-corrected chi connectivity index (χ2v) is 28.6. The summed E-state index contributed by atoms with van der Waals surface area (Å²) < 4.78 is 71.8. The van der Waals surface area contributed by atoms with Crippen molar-refractivity contribution < 1.29 is 90.0 Å². The van der Waals surface area contributed by atoms with Crippen molar-refractivity contribution in [3.8, 4) is 28.7 Å². The Morgan fingerprint density at radius 1 is 0.796 bits per heavy atom. The molecule has 1 fully saturated rings. The van der Waals surface area contributed by atoms with Gasteiger partial charge in [0.15, 0.2) is 23.0 Å². The van der Waals surface area contributed by atoms with Crippen molar-refractivity contribution in [2.75, 3.05) is 77.6 Å². The van der Waals surface area contributed by atoms with E-state index in [1.807, 2.05) is 47.7 Å². The fraction of sp³-hybridized carbons (Fsp3) is 0.492. The fourth-order valence-electron chi connectivity index (χ4n) is 11.9. The third-order valence-corrected chi connectivity index (χ3v) is 17.3. The second-order valence-electron chi connectivity index (χ2n) is 27.2. The van der Waals surface area contributed by atoms with Crippen molar-refractivity contribution >= 4 is 78.8 Å². The van der Waals surface area contributed by atoms with Crippen LogP contribution in [-0.4, -0.2) is 197 Å². The van der Waals surface area contributed by atoms with Crippen LogP contribution in [0.4, 0.5) is 5.69 Å². The van der Waals surface area contributed by atoms with Crippen molar-refractivity contribution in [1.29, 1.82) is 0 Å². The lowest BCUT2D eigenvalue weighted by atomic mass is 9.88. The SMILES string of the molecule is COc1ccc2c(OS(=O)(=O)Oc3cc(C(=O)N(C)CC(C)(C)COCC(C)(C)Cn4cc(CC(C)(C)COCC(C)(C)CN5C(=O)C=CC5=O)nn4)ccc3O[C@@H]3O[C@H](CO)[C@H](O)[C@H](O)[C@H]3O)cc3c(c2c1)[C@H](CCl)CN3C(=O)c1cc2ccc(O)c(C(C)=O)c2[nH]1. The number of imide groups is 1. The molecule has 0 radical (unpaired) electrons. The molecule has 502 valence electrons. The van der Waals surface area contributed by atoms with Gasteiger partial charge in [0.05, 0.1) is 62.6 Å². The van der Waals surface area contributed by atoms with E-state index in [-0.39, 0.29) is 94.3 Å². The summed E-state index contributed by atoms with van der Waals surface area (Å²) in [6, 6.07) is 14.0. The molecule has 4 aromatic carbocycles. The van der Waals surface area contributed by atoms with Crippen LogP contribution in [0.1, 0.15) is 111 Å². The Kier molecular flexibility index (Phi) is 20.4. The highest BCUT2D eigenvalue weighted by Gasteiger charge is 2.46. The molecule has 9 rings (SSSR count). The molecule has 1 saturated heterocycles. The van der Waals surface area contributed by atoms with Gasteiger partial charge in [0.25, 0.3) is 23.6 Å². The average molecular weight is 1330 g/mol. The molecule has 4 amide bonds. The van der Waals surface area contributed by atoms with Crippen molar-refractivity contribution in [3.05, 3.63) is 107 Å². The lowest BCUT2D eigenvalue weighted by molar-refractivity contribution is -0.277. The number of fused-ring (bicyclic) bond motifs is 4. The zero-order valence-electron chi connectivity index (χ0n) is 53.7. The number of benzene rings is 4. The van der Waals surface area contributed by atoms with Crippen LogP contribution in [0.25, 0.3) is 21.7 Å². The summed E-state index contributed by atoms with van der Waals surface area (Å²) in [7, 11) is -2.34. The first kappa shape index (κ1) is 69.6. The first-order valence-corrected chi connectivity index (χ1v) is 32.0. The molecule has 3 aliphatic rings. The zero-order valence-corrected chi connectivity index (χ0v) is 55.2. The standard InChI is InChI=1S/C65H80ClN7O19S/c1-36(75)53-46(76)16-12-37-20-44(67-55(37)53)60(83)72-26-39(25-66)54-43-22-41(86-11)14-15-42(43)48(23-45(54)72)91-93(84,85)92-49-21-38(13-17-47(49)89-61-58(81)57(80)56(79)50(28-74)90-61)59(82)70(10)29-63(4,5)33-88-34-64(6,7)30-71-27-40(68-69-71)24-62(2,3)32-87-35-65(8,9)31-73-51(77)18-19-52(73)78/h12-23,27,39,50,56-58,61,67,74,76,79-81H,24-26,28-35H2,1-11H3/t39-,50-,56+,57+,58-,61-/m1/s1. The maximum absolute atomic E-state index is 14.6. The van der Waals surface area contributed by atoms with Crippen LogP contribution in [-0.2, 0) is 47.2 Å². The Labute approximate surface area is 543 Å². The van der Waals surface area contributed by atoms with Gasteiger partial charge in [-0.2, -0.15) is 0 Å². The van der Waals surface area contributed by atoms with E-state index in [1.54, 1.807) is 36.0 Å². The molecule has 0 saturated carbocycles. The number of anilines is 1. The summed E-state index contributed by atoms with van der Waals surface area (Å²) in [5.74, 6) is -4.13. The molecule has 6 atom stereocenters. The number of halogens is 1. The number of ketones is 1. The maximum Gasteiger partial charge on any atom is 0.501 e. The van der Waals surface area contributed by atoms with E-state index in [2.05, 4.69) is 29.1 Å². The Hall–Kier alpha value is -7.73. The number of ether oxygens (including phenoxy) is 5. The number of amides is 4. The number of aliphatic hydroxyl groups excluding tert-OH is 4. The molecule has 0 bridgehead atoms. The number of methoxy groups -OCH3 is 1. The summed E-state index contributed by atoms with van der Waals surface area (Å²) in [6.45, 7) is 18.5. The summed E-state index contributed by atoms with van der Waals surface area (Å²) in [4.78, 5) is 72.9. The van der Waals surface area contributed by atoms with Crippen molar-refractivity contribution in [1.82, 2.24) is 29.8 Å². The quantitative estimate of drug-likeness (QED) is 0.0184. The number of aliphatic hydroxyl groups is 4. The fourth-order valence-corrected chi connectivity index (χ4v) is 12.9. The second kappa shape index (κ2) is 27.3. The number of H-pyrrole nitrogens is 1. The number of carbonyl (C=O) groups excluding carboxylic acids is 5. The van der Waals surface area contributed by atoms with Crippen molar-refractivity contribution in [2.45, 2.75) is 112 Å². The number of rotatable bonds is 28. The van der Waals surface area contributed by atoms with Gasteiger partial charge < -0.3 is 72.4 Å². The molecule has 2 aromatic heterocycles. The van der Waals surface area contributed by atoms with E-state index in [0.29, 0.717) is 54.9 Å². The third-order valence-electron chi connectivity index (χ3n) is 16.2. The number of nitrogens with one attached hydrogen (secondary N) is 1. The number of nitrogens with zero attached hydrogens (tertiary/aromatic N) is 6. The van der Waals surface area contributed by atoms with Gasteiger partial charge in [0.1, 0.15) is 41.6 Å². The van der Waals surface area contributed by atoms with E-state index >= 15 is 0 Å². The van der Waals surface area contributed by atoms with Gasteiger partial charge in [-0.15, -0.1) is 25.1 Å². The lowest BCUT2D eigenvalue weighted by Gasteiger charge is -2.39. The monoisotopic (exact) mass is 1330 g/mol. The van der Waals surface area contributed by atoms with Crippen LogP contribution in [0.2, 0.25) is 0 Å². The van der Waals surface area contributed by atoms with Crippen molar-refractivity contribution in [3.63, 3.8) is 0 Å². The summed E-state index contributed by atoms with van der Waals surface area (Å²) in [5, 5.41) is 62.6. The molecule has 6 aromatic rings. The van der Waals surface area contributed by atoms with Crippen LogP contribution in [0.5, 0.6) is 28.7 Å². The van der Waals surface area contributed by atoms with E-state index in [0.717, 1.165) is 11.8 Å². The van der Waals surface area contributed by atoms with Gasteiger partial charge >= 0.3 is 10.4 Å². The van der Waals surface area contributed by atoms with Crippen LogP contribution in [0, 0.1) is 21.7 Å². The van der Waals surface area contributed by atoms with E-state index < -0.39 is 99.0 Å². The summed E-state index contributed by atoms with van der Waals surface area (Å²) >= 11 is 6.60. The minimum atomic E-state index is -5.33. The number of phenols is 1. The molecule has 0 aliphatic carbocycles. The van der Waals surface area contributed by atoms with E-state index in [4.69, 9.17) is 43.7 Å². The minimum Gasteiger partial charge on any atom is -0.507 e. The summed E-state index contributed by atoms with van der Waals surface area (Å²) in [5.41, 5.74) is -0.177. The summed E-state index contributed by atoms with van der Waals surface area (Å²) in [6.07, 6.45) is -3.84. The Balaban J connectivity index is 0.897. The van der Waals surface area contributed by atoms with Crippen molar-refractivity contribution in [2.24, 2.45) is 21.7 Å². The lowest BCUT2D eigenvalue weighted by Crippen LogP contribution is -2.60. The van der Waals surface area contributed by atoms with Crippen LogP contribution >= 0.6 is 11.6 Å². The molecule has 6 N–H and O–H groups in total. The Morgan fingerprint density at radius 2 is 1.45 bits per heavy atom.